The molecule has 2 atom stereocenters. The number of nitrogens with zero attached hydrogens (tertiary/aromatic N) is 1. The van der Waals surface area contributed by atoms with Crippen LogP contribution >= 0.6 is 0 Å². The molecule has 1 saturated heterocycles. The van der Waals surface area contributed by atoms with E-state index in [0.717, 1.165) is 23.6 Å². The lowest BCUT2D eigenvalue weighted by molar-refractivity contribution is -0.142. The molecule has 4 N–H and O–H groups in total. The van der Waals surface area contributed by atoms with E-state index >= 15 is 0 Å². The van der Waals surface area contributed by atoms with Crippen LogP contribution in [0.4, 0.5) is 0 Å². The smallest absolute Gasteiger partial charge is 0.304 e. The Balaban J connectivity index is 1.42. The van der Waals surface area contributed by atoms with Crippen molar-refractivity contribution in [2.45, 2.75) is 31.7 Å². The fourth-order valence-electron chi connectivity index (χ4n) is 4.57. The fraction of sp³-hybridized carbons (Fsp3) is 0.296. The number of likely N-dealkylation sites (tertiary alicyclic amines) is 1. The van der Waals surface area contributed by atoms with Gasteiger partial charge in [-0.05, 0) is 53.8 Å². The van der Waals surface area contributed by atoms with Crippen molar-refractivity contribution >= 4 is 28.5 Å². The van der Waals surface area contributed by atoms with Gasteiger partial charge in [0.05, 0.1) is 18.4 Å². The average Bonchev–Trinajstić information content (AvgIpc) is 3.11. The van der Waals surface area contributed by atoms with Crippen LogP contribution in [0.3, 0.4) is 0 Å². The van der Waals surface area contributed by atoms with Crippen LogP contribution in [0.1, 0.15) is 30.4 Å². The average molecular weight is 460 g/mol. The van der Waals surface area contributed by atoms with Crippen LogP contribution in [-0.4, -0.2) is 46.9 Å². The minimum absolute atomic E-state index is 0.0244. The SMILES string of the molecule is N=C(N)c1ccc2cc(OC[C@@H]3C[C@@H](CC(=O)O)C(=O)N3CCCc3ccccc3)ccc2c1. The van der Waals surface area contributed by atoms with Crippen LogP contribution in [0, 0.1) is 11.3 Å². The lowest BCUT2D eigenvalue weighted by Gasteiger charge is -2.25. The molecule has 1 amide bonds. The quantitative estimate of drug-likeness (QED) is 0.315. The van der Waals surface area contributed by atoms with Crippen molar-refractivity contribution in [3.63, 3.8) is 0 Å². The zero-order chi connectivity index (χ0) is 24.1. The topological polar surface area (TPSA) is 117 Å². The zero-order valence-corrected chi connectivity index (χ0v) is 18.9. The lowest BCUT2D eigenvalue weighted by Crippen LogP contribution is -2.38. The van der Waals surface area contributed by atoms with E-state index in [4.69, 9.17) is 15.9 Å². The number of ether oxygens (including phenoxy) is 1. The second-order valence-electron chi connectivity index (χ2n) is 8.75. The van der Waals surface area contributed by atoms with E-state index < -0.39 is 11.9 Å². The van der Waals surface area contributed by atoms with Gasteiger partial charge in [-0.15, -0.1) is 0 Å². The number of nitrogens with one attached hydrogen (secondary N) is 1. The Kier molecular flexibility index (Phi) is 7.11. The van der Waals surface area contributed by atoms with Gasteiger partial charge in [0.15, 0.2) is 0 Å². The monoisotopic (exact) mass is 459 g/mol. The zero-order valence-electron chi connectivity index (χ0n) is 18.9. The van der Waals surface area contributed by atoms with Crippen molar-refractivity contribution in [1.82, 2.24) is 4.90 Å². The molecule has 0 aromatic heterocycles. The Morgan fingerprint density at radius 1 is 1.09 bits per heavy atom. The van der Waals surface area contributed by atoms with Crippen LogP contribution in [-0.2, 0) is 16.0 Å². The van der Waals surface area contributed by atoms with E-state index in [2.05, 4.69) is 12.1 Å². The number of carboxylic acids is 1. The number of rotatable bonds is 10. The summed E-state index contributed by atoms with van der Waals surface area (Å²) in [6.45, 7) is 0.883. The summed E-state index contributed by atoms with van der Waals surface area (Å²) in [6.07, 6.45) is 1.99. The highest BCUT2D eigenvalue weighted by molar-refractivity contribution is 5.99. The van der Waals surface area contributed by atoms with E-state index in [-0.39, 0.29) is 24.2 Å². The molecule has 7 nitrogen and oxygen atoms in total. The molecule has 0 saturated carbocycles. The summed E-state index contributed by atoms with van der Waals surface area (Å²) in [7, 11) is 0. The molecule has 0 radical (unpaired) electrons. The fourth-order valence-corrected chi connectivity index (χ4v) is 4.57. The number of aryl methyl sites for hydroxylation is 1. The summed E-state index contributed by atoms with van der Waals surface area (Å²) in [5.41, 5.74) is 7.46. The molecule has 7 heteroatoms. The molecule has 1 aliphatic rings. The maximum absolute atomic E-state index is 12.9. The van der Waals surface area contributed by atoms with E-state index in [1.165, 1.54) is 5.56 Å². The first-order valence-corrected chi connectivity index (χ1v) is 11.5. The minimum atomic E-state index is -0.955. The number of benzene rings is 3. The number of carbonyl (C=O) groups is 2. The summed E-state index contributed by atoms with van der Waals surface area (Å²) in [5.74, 6) is -0.856. The molecule has 0 unspecified atom stereocenters. The van der Waals surface area contributed by atoms with E-state index in [0.29, 0.717) is 30.9 Å². The highest BCUT2D eigenvalue weighted by atomic mass is 16.5. The highest BCUT2D eigenvalue weighted by Gasteiger charge is 2.40. The molecule has 1 aliphatic heterocycles. The van der Waals surface area contributed by atoms with Crippen molar-refractivity contribution in [2.75, 3.05) is 13.2 Å². The number of nitrogens with two attached hydrogens (primary N) is 1. The Morgan fingerprint density at radius 3 is 2.56 bits per heavy atom. The number of fused-ring (bicyclic) bond motifs is 1. The number of hydrogen-bond acceptors (Lipinski definition) is 4. The first-order chi connectivity index (χ1) is 16.4. The molecule has 1 fully saturated rings. The number of hydrogen-bond donors (Lipinski definition) is 3. The molecule has 176 valence electrons. The standard InChI is InChI=1S/C27H29N3O4/c28-26(29)21-9-8-20-15-24(11-10-19(20)13-21)34-17-23-14-22(16-25(31)32)27(33)30(23)12-4-7-18-5-2-1-3-6-18/h1-3,5-6,8-11,13,15,22-23H,4,7,12,14,16-17H2,(H3,28,29)(H,31,32)/t22-,23-/m0/s1. The third-order valence-corrected chi connectivity index (χ3v) is 6.32. The number of amidine groups is 1. The van der Waals surface area contributed by atoms with Gasteiger partial charge in [0.2, 0.25) is 5.91 Å². The molecular weight excluding hydrogens is 430 g/mol. The Hall–Kier alpha value is -3.87. The number of carbonyl (C=O) groups excluding carboxylic acids is 1. The van der Waals surface area contributed by atoms with Gasteiger partial charge in [0, 0.05) is 12.1 Å². The van der Waals surface area contributed by atoms with Crippen molar-refractivity contribution < 1.29 is 19.4 Å². The highest BCUT2D eigenvalue weighted by Crippen LogP contribution is 2.29. The third kappa shape index (κ3) is 5.54. The third-order valence-electron chi connectivity index (χ3n) is 6.32. The van der Waals surface area contributed by atoms with Gasteiger partial charge in [0.1, 0.15) is 18.2 Å². The molecule has 3 aromatic carbocycles. The summed E-state index contributed by atoms with van der Waals surface area (Å²) in [6, 6.07) is 21.2. The van der Waals surface area contributed by atoms with Crippen molar-refractivity contribution in [3.8, 4) is 5.75 Å². The van der Waals surface area contributed by atoms with E-state index in [1.54, 1.807) is 11.0 Å². The lowest BCUT2D eigenvalue weighted by atomic mass is 10.0. The molecular formula is C27H29N3O4. The first kappa shape index (κ1) is 23.3. The molecule has 1 heterocycles. The van der Waals surface area contributed by atoms with Crippen LogP contribution in [0.25, 0.3) is 10.8 Å². The van der Waals surface area contributed by atoms with E-state index in [1.807, 2.05) is 48.5 Å². The normalized spacial score (nSPS) is 17.8. The largest absolute Gasteiger partial charge is 0.491 e. The van der Waals surface area contributed by atoms with Gasteiger partial charge >= 0.3 is 5.97 Å². The molecule has 34 heavy (non-hydrogen) atoms. The Morgan fingerprint density at radius 2 is 1.82 bits per heavy atom. The van der Waals surface area contributed by atoms with Crippen molar-refractivity contribution in [3.05, 3.63) is 77.9 Å². The number of carboxylic acid groups (broad SMARTS) is 1. The predicted octanol–water partition coefficient (Wildman–Crippen LogP) is 3.83. The number of amides is 1. The molecule has 0 aliphatic carbocycles. The number of aliphatic carboxylic acids is 1. The Bertz CT molecular complexity index is 1190. The van der Waals surface area contributed by atoms with Gasteiger partial charge in [-0.3, -0.25) is 15.0 Å². The molecule has 4 rings (SSSR count). The van der Waals surface area contributed by atoms with Gasteiger partial charge in [-0.2, -0.15) is 0 Å². The second kappa shape index (κ2) is 10.4. The van der Waals surface area contributed by atoms with Crippen LogP contribution < -0.4 is 10.5 Å². The van der Waals surface area contributed by atoms with Crippen LogP contribution in [0.5, 0.6) is 5.75 Å². The maximum atomic E-state index is 12.9. The predicted molar refractivity (Wildman–Crippen MR) is 131 cm³/mol. The van der Waals surface area contributed by atoms with Crippen molar-refractivity contribution in [1.29, 1.82) is 5.41 Å². The van der Waals surface area contributed by atoms with Gasteiger partial charge in [-0.1, -0.05) is 48.5 Å². The summed E-state index contributed by atoms with van der Waals surface area (Å²) in [4.78, 5) is 26.0. The van der Waals surface area contributed by atoms with Gasteiger partial charge in [-0.25, -0.2) is 0 Å². The molecule has 0 bridgehead atoms. The summed E-state index contributed by atoms with van der Waals surface area (Å²) < 4.78 is 6.06. The maximum Gasteiger partial charge on any atom is 0.304 e. The molecule has 0 spiro atoms. The number of nitrogen functional groups attached to an aromatic ring is 1. The second-order valence-corrected chi connectivity index (χ2v) is 8.75. The summed E-state index contributed by atoms with van der Waals surface area (Å²) in [5, 5.41) is 18.7. The Labute approximate surface area is 198 Å². The first-order valence-electron chi connectivity index (χ1n) is 11.5. The van der Waals surface area contributed by atoms with Crippen molar-refractivity contribution in [2.24, 2.45) is 11.7 Å². The minimum Gasteiger partial charge on any atom is -0.491 e. The van der Waals surface area contributed by atoms with Gasteiger partial charge < -0.3 is 20.5 Å². The molecule has 3 aromatic rings. The van der Waals surface area contributed by atoms with E-state index in [9.17, 15) is 14.7 Å². The van der Waals surface area contributed by atoms with Crippen LogP contribution in [0.15, 0.2) is 66.7 Å². The summed E-state index contributed by atoms with van der Waals surface area (Å²) >= 11 is 0. The van der Waals surface area contributed by atoms with Crippen LogP contribution in [0.2, 0.25) is 0 Å². The van der Waals surface area contributed by atoms with Gasteiger partial charge in [0.25, 0.3) is 0 Å².